The molecule has 1 amide bonds. The minimum atomic E-state index is -0.0947. The fraction of sp³-hybridized carbons (Fsp3) is 0.364. The number of thiocarbonyl (C=S) groups is 1. The Kier molecular flexibility index (Phi) is 7.01. The number of hydrogen-bond donors (Lipinski definition) is 2. The molecule has 2 aromatic rings. The highest BCUT2D eigenvalue weighted by Gasteiger charge is 2.17. The van der Waals surface area contributed by atoms with Gasteiger partial charge in [0.15, 0.2) is 5.11 Å². The van der Waals surface area contributed by atoms with Crippen LogP contribution in [0.25, 0.3) is 0 Å². The summed E-state index contributed by atoms with van der Waals surface area (Å²) in [6, 6.07) is 18.8. The Hall–Kier alpha value is -2.44. The van der Waals surface area contributed by atoms with E-state index in [1.807, 2.05) is 26.0 Å². The maximum atomic E-state index is 11.7. The number of rotatable bonds is 5. The van der Waals surface area contributed by atoms with Gasteiger partial charge in [0.05, 0.1) is 0 Å². The van der Waals surface area contributed by atoms with E-state index in [0.29, 0.717) is 5.11 Å². The predicted octanol–water partition coefficient (Wildman–Crippen LogP) is 3.48. The number of carbonyl (C=O) groups excluding carboxylic acids is 1. The lowest BCUT2D eigenvalue weighted by atomic mass is 10.2. The van der Waals surface area contributed by atoms with Crippen molar-refractivity contribution in [2.75, 3.05) is 36.4 Å². The highest BCUT2D eigenvalue weighted by molar-refractivity contribution is 7.80. The Morgan fingerprint density at radius 1 is 1.00 bits per heavy atom. The molecule has 1 fully saturated rings. The van der Waals surface area contributed by atoms with Crippen molar-refractivity contribution in [1.82, 2.24) is 10.2 Å². The minimum absolute atomic E-state index is 0.0810. The molecule has 0 aliphatic carbocycles. The third kappa shape index (κ3) is 5.78. The molecule has 1 aliphatic rings. The summed E-state index contributed by atoms with van der Waals surface area (Å²) >= 11 is 5.20. The zero-order valence-corrected chi connectivity index (χ0v) is 17.3. The van der Waals surface area contributed by atoms with Gasteiger partial charge in [-0.05, 0) is 42.0 Å². The van der Waals surface area contributed by atoms with Gasteiger partial charge in [-0.15, -0.1) is 0 Å². The first-order valence-electron chi connectivity index (χ1n) is 9.74. The molecule has 148 valence electrons. The number of carbonyl (C=O) groups is 1. The van der Waals surface area contributed by atoms with E-state index in [1.165, 1.54) is 11.3 Å². The number of amides is 1. The lowest BCUT2D eigenvalue weighted by Crippen LogP contribution is -2.45. The zero-order valence-electron chi connectivity index (χ0n) is 16.5. The van der Waals surface area contributed by atoms with Crippen molar-refractivity contribution >= 4 is 34.6 Å². The SMILES string of the molecule is CC(C)C(=O)NC(=S)Nc1ccc(N2CCN(Cc3ccccc3)CC2)cc1. The van der Waals surface area contributed by atoms with Crippen LogP contribution in [0.5, 0.6) is 0 Å². The topological polar surface area (TPSA) is 47.6 Å². The standard InChI is InChI=1S/C22H28N4OS/c1-17(2)21(27)24-22(28)23-19-8-10-20(11-9-19)26-14-12-25(13-15-26)16-18-6-4-3-5-7-18/h3-11,17H,12-16H2,1-2H3,(H2,23,24,27,28). The maximum absolute atomic E-state index is 11.7. The van der Waals surface area contributed by atoms with E-state index >= 15 is 0 Å². The number of hydrogen-bond acceptors (Lipinski definition) is 4. The van der Waals surface area contributed by atoms with E-state index in [4.69, 9.17) is 12.2 Å². The van der Waals surface area contributed by atoms with E-state index in [9.17, 15) is 4.79 Å². The first-order chi connectivity index (χ1) is 13.5. The Morgan fingerprint density at radius 3 is 2.25 bits per heavy atom. The lowest BCUT2D eigenvalue weighted by molar-refractivity contribution is -0.122. The van der Waals surface area contributed by atoms with Gasteiger partial charge in [0.2, 0.25) is 5.91 Å². The van der Waals surface area contributed by atoms with E-state index in [2.05, 4.69) is 62.9 Å². The smallest absolute Gasteiger partial charge is 0.228 e. The van der Waals surface area contributed by atoms with E-state index in [1.54, 1.807) is 0 Å². The molecule has 0 unspecified atom stereocenters. The summed E-state index contributed by atoms with van der Waals surface area (Å²) in [6.45, 7) is 8.83. The maximum Gasteiger partial charge on any atom is 0.228 e. The first-order valence-corrected chi connectivity index (χ1v) is 10.2. The van der Waals surface area contributed by atoms with Crippen molar-refractivity contribution in [2.45, 2.75) is 20.4 Å². The normalized spacial score (nSPS) is 14.8. The molecule has 2 aromatic carbocycles. The van der Waals surface area contributed by atoms with Gasteiger partial charge in [0, 0.05) is 50.0 Å². The summed E-state index contributed by atoms with van der Waals surface area (Å²) in [5.74, 6) is -0.176. The average Bonchev–Trinajstić information content (AvgIpc) is 2.70. The van der Waals surface area contributed by atoms with Crippen LogP contribution >= 0.6 is 12.2 Å². The molecule has 0 radical (unpaired) electrons. The van der Waals surface area contributed by atoms with Crippen molar-refractivity contribution in [2.24, 2.45) is 5.92 Å². The molecule has 1 heterocycles. The third-order valence-corrected chi connectivity index (χ3v) is 5.08. The molecular formula is C22H28N4OS. The average molecular weight is 397 g/mol. The number of benzene rings is 2. The molecule has 0 spiro atoms. The second-order valence-electron chi connectivity index (χ2n) is 7.39. The summed E-state index contributed by atoms with van der Waals surface area (Å²) in [6.07, 6.45) is 0. The Bertz CT molecular complexity index is 784. The van der Waals surface area contributed by atoms with Crippen molar-refractivity contribution in [3.63, 3.8) is 0 Å². The molecular weight excluding hydrogens is 368 g/mol. The second kappa shape index (κ2) is 9.66. The van der Waals surface area contributed by atoms with E-state index < -0.39 is 0 Å². The fourth-order valence-corrected chi connectivity index (χ4v) is 3.40. The van der Waals surface area contributed by atoms with Crippen LogP contribution in [0.4, 0.5) is 11.4 Å². The molecule has 2 N–H and O–H groups in total. The van der Waals surface area contributed by atoms with Crippen LogP contribution in [0, 0.1) is 5.92 Å². The summed E-state index contributed by atoms with van der Waals surface area (Å²) < 4.78 is 0. The van der Waals surface area contributed by atoms with Crippen LogP contribution in [0.2, 0.25) is 0 Å². The number of nitrogens with zero attached hydrogens (tertiary/aromatic N) is 2. The Labute approximate surface area is 172 Å². The largest absolute Gasteiger partial charge is 0.369 e. The van der Waals surface area contributed by atoms with Crippen molar-refractivity contribution in [3.8, 4) is 0 Å². The monoisotopic (exact) mass is 396 g/mol. The van der Waals surface area contributed by atoms with Crippen LogP contribution in [0.3, 0.4) is 0 Å². The van der Waals surface area contributed by atoms with Crippen LogP contribution in [0.1, 0.15) is 19.4 Å². The predicted molar refractivity (Wildman–Crippen MR) is 120 cm³/mol. The number of piperazine rings is 1. The molecule has 0 bridgehead atoms. The zero-order chi connectivity index (χ0) is 19.9. The Balaban J connectivity index is 1.48. The van der Waals surface area contributed by atoms with Crippen LogP contribution < -0.4 is 15.5 Å². The summed E-state index contributed by atoms with van der Waals surface area (Å²) in [5, 5.41) is 6.10. The second-order valence-corrected chi connectivity index (χ2v) is 7.80. The number of anilines is 2. The van der Waals surface area contributed by atoms with Crippen LogP contribution in [-0.2, 0) is 11.3 Å². The molecule has 0 saturated carbocycles. The van der Waals surface area contributed by atoms with Gasteiger partial charge in [0.25, 0.3) is 0 Å². The molecule has 6 heteroatoms. The molecule has 0 atom stereocenters. The van der Waals surface area contributed by atoms with Crippen molar-refractivity contribution in [1.29, 1.82) is 0 Å². The van der Waals surface area contributed by atoms with Gasteiger partial charge in [-0.25, -0.2) is 0 Å². The van der Waals surface area contributed by atoms with Gasteiger partial charge in [-0.2, -0.15) is 0 Å². The summed E-state index contributed by atoms with van der Waals surface area (Å²) in [5.41, 5.74) is 3.45. The quantitative estimate of drug-likeness (QED) is 0.758. The molecule has 0 aromatic heterocycles. The minimum Gasteiger partial charge on any atom is -0.369 e. The highest BCUT2D eigenvalue weighted by Crippen LogP contribution is 2.20. The lowest BCUT2D eigenvalue weighted by Gasteiger charge is -2.36. The van der Waals surface area contributed by atoms with Gasteiger partial charge >= 0.3 is 0 Å². The Morgan fingerprint density at radius 2 is 1.64 bits per heavy atom. The van der Waals surface area contributed by atoms with Crippen LogP contribution in [-0.4, -0.2) is 42.1 Å². The van der Waals surface area contributed by atoms with Gasteiger partial charge in [0.1, 0.15) is 0 Å². The van der Waals surface area contributed by atoms with Crippen molar-refractivity contribution < 1.29 is 4.79 Å². The van der Waals surface area contributed by atoms with Crippen LogP contribution in [0.15, 0.2) is 54.6 Å². The summed E-state index contributed by atoms with van der Waals surface area (Å²) in [7, 11) is 0. The fourth-order valence-electron chi connectivity index (χ4n) is 3.18. The summed E-state index contributed by atoms with van der Waals surface area (Å²) in [4.78, 5) is 16.6. The van der Waals surface area contributed by atoms with E-state index in [0.717, 1.165) is 38.4 Å². The highest BCUT2D eigenvalue weighted by atomic mass is 32.1. The van der Waals surface area contributed by atoms with E-state index in [-0.39, 0.29) is 11.8 Å². The number of nitrogens with one attached hydrogen (secondary N) is 2. The molecule has 1 aliphatic heterocycles. The van der Waals surface area contributed by atoms with Gasteiger partial charge in [-0.3, -0.25) is 9.69 Å². The van der Waals surface area contributed by atoms with Crippen molar-refractivity contribution in [3.05, 3.63) is 60.2 Å². The third-order valence-electron chi connectivity index (χ3n) is 4.87. The molecule has 28 heavy (non-hydrogen) atoms. The first kappa shape index (κ1) is 20.3. The molecule has 5 nitrogen and oxygen atoms in total. The molecule has 3 rings (SSSR count). The molecule has 1 saturated heterocycles. The van der Waals surface area contributed by atoms with Gasteiger partial charge in [-0.1, -0.05) is 44.2 Å². The van der Waals surface area contributed by atoms with Gasteiger partial charge < -0.3 is 15.5 Å².